The lowest BCUT2D eigenvalue weighted by Gasteiger charge is -2.22. The average Bonchev–Trinajstić information content (AvgIpc) is 2.18. The summed E-state index contributed by atoms with van der Waals surface area (Å²) in [5, 5.41) is 9.96. The first-order valence-electron chi connectivity index (χ1n) is 4.94. The molecule has 1 N–H and O–H groups in total. The van der Waals surface area contributed by atoms with Gasteiger partial charge in [0.1, 0.15) is 5.82 Å². The molecule has 0 aliphatic heterocycles. The van der Waals surface area contributed by atoms with Crippen molar-refractivity contribution in [1.82, 2.24) is 0 Å². The molecular weight excluding hydrogens is 191 g/mol. The number of hydrogen-bond acceptors (Lipinski definition) is 1. The third-order valence-electron chi connectivity index (χ3n) is 2.34. The Hall–Kier alpha value is -1.33. The highest BCUT2D eigenvalue weighted by Crippen LogP contribution is 2.20. The van der Waals surface area contributed by atoms with Crippen molar-refractivity contribution in [3.05, 3.63) is 35.6 Å². The molecule has 0 aliphatic rings. The van der Waals surface area contributed by atoms with Crippen molar-refractivity contribution in [1.29, 1.82) is 0 Å². The molecule has 0 spiro atoms. The van der Waals surface area contributed by atoms with E-state index in [2.05, 4.69) is 5.92 Å². The Bertz CT molecular complexity index is 363. The van der Waals surface area contributed by atoms with E-state index in [1.807, 2.05) is 0 Å². The minimum atomic E-state index is -0.936. The maximum atomic E-state index is 13.3. The number of rotatable bonds is 4. The first kappa shape index (κ1) is 11.7. The van der Waals surface area contributed by atoms with Crippen molar-refractivity contribution in [3.63, 3.8) is 0 Å². The average molecular weight is 206 g/mol. The van der Waals surface area contributed by atoms with E-state index >= 15 is 0 Å². The van der Waals surface area contributed by atoms with E-state index in [1.165, 1.54) is 6.07 Å². The molecule has 1 aromatic carbocycles. The lowest BCUT2D eigenvalue weighted by atomic mass is 9.92. The van der Waals surface area contributed by atoms with E-state index in [0.29, 0.717) is 24.8 Å². The Morgan fingerprint density at radius 2 is 2.13 bits per heavy atom. The zero-order chi connectivity index (χ0) is 11.3. The largest absolute Gasteiger partial charge is 0.390 e. The van der Waals surface area contributed by atoms with E-state index in [-0.39, 0.29) is 5.82 Å². The topological polar surface area (TPSA) is 20.2 Å². The van der Waals surface area contributed by atoms with Gasteiger partial charge in [0.15, 0.2) is 0 Å². The van der Waals surface area contributed by atoms with E-state index in [4.69, 9.17) is 6.42 Å². The minimum Gasteiger partial charge on any atom is -0.390 e. The maximum Gasteiger partial charge on any atom is 0.126 e. The van der Waals surface area contributed by atoms with Gasteiger partial charge in [-0.25, -0.2) is 4.39 Å². The Balaban J connectivity index is 2.69. The summed E-state index contributed by atoms with van der Waals surface area (Å²) < 4.78 is 13.3. The molecule has 0 radical (unpaired) electrons. The fourth-order valence-electron chi connectivity index (χ4n) is 1.48. The van der Waals surface area contributed by atoms with Gasteiger partial charge in [0.25, 0.3) is 0 Å². The van der Waals surface area contributed by atoms with Gasteiger partial charge in [-0.1, -0.05) is 18.2 Å². The number of aliphatic hydroxyl groups is 1. The second-order valence-corrected chi connectivity index (χ2v) is 3.97. The summed E-state index contributed by atoms with van der Waals surface area (Å²) in [7, 11) is 0. The van der Waals surface area contributed by atoms with Crippen LogP contribution in [0.2, 0.25) is 0 Å². The number of terminal acetylenes is 1. The normalized spacial score (nSPS) is 14.3. The summed E-state index contributed by atoms with van der Waals surface area (Å²) in [6.07, 6.45) is 6.40. The predicted molar refractivity (Wildman–Crippen MR) is 58.8 cm³/mol. The molecule has 1 aromatic rings. The van der Waals surface area contributed by atoms with Crippen LogP contribution in [0.3, 0.4) is 0 Å². The van der Waals surface area contributed by atoms with Crippen LogP contribution in [-0.4, -0.2) is 10.7 Å². The predicted octanol–water partition coefficient (Wildman–Crippen LogP) is 2.53. The van der Waals surface area contributed by atoms with Crippen LogP contribution in [0.25, 0.3) is 0 Å². The Kier molecular flexibility index (Phi) is 3.88. The molecule has 0 amide bonds. The van der Waals surface area contributed by atoms with Crippen LogP contribution in [0.1, 0.15) is 25.3 Å². The highest BCUT2D eigenvalue weighted by molar-refractivity contribution is 5.19. The third kappa shape index (κ3) is 3.73. The molecule has 0 aromatic heterocycles. The van der Waals surface area contributed by atoms with Crippen LogP contribution in [0.5, 0.6) is 0 Å². The second kappa shape index (κ2) is 4.95. The molecule has 0 saturated heterocycles. The van der Waals surface area contributed by atoms with E-state index < -0.39 is 5.60 Å². The summed E-state index contributed by atoms with van der Waals surface area (Å²) in [4.78, 5) is 0. The monoisotopic (exact) mass is 206 g/mol. The third-order valence-corrected chi connectivity index (χ3v) is 2.34. The van der Waals surface area contributed by atoms with Gasteiger partial charge in [0.2, 0.25) is 0 Å². The van der Waals surface area contributed by atoms with Gasteiger partial charge in [-0.05, 0) is 25.0 Å². The molecule has 15 heavy (non-hydrogen) atoms. The quantitative estimate of drug-likeness (QED) is 0.750. The minimum absolute atomic E-state index is 0.279. The van der Waals surface area contributed by atoms with Crippen LogP contribution < -0.4 is 0 Å². The van der Waals surface area contributed by atoms with Crippen LogP contribution >= 0.6 is 0 Å². The molecule has 80 valence electrons. The van der Waals surface area contributed by atoms with E-state index in [0.717, 1.165) is 0 Å². The smallest absolute Gasteiger partial charge is 0.126 e. The number of benzene rings is 1. The van der Waals surface area contributed by atoms with Crippen LogP contribution in [0.15, 0.2) is 24.3 Å². The summed E-state index contributed by atoms with van der Waals surface area (Å²) >= 11 is 0. The molecule has 0 bridgehead atoms. The van der Waals surface area contributed by atoms with Crippen LogP contribution in [-0.2, 0) is 6.42 Å². The molecular formula is C13H15FO. The standard InChI is InChI=1S/C13H15FO/c1-3-4-9-13(2,15)10-11-7-5-6-8-12(11)14/h1,5-8,15H,4,9-10H2,2H3. The lowest BCUT2D eigenvalue weighted by molar-refractivity contribution is 0.0520. The summed E-state index contributed by atoms with van der Waals surface area (Å²) in [5.41, 5.74) is -0.409. The van der Waals surface area contributed by atoms with Crippen molar-refractivity contribution in [2.75, 3.05) is 0 Å². The fourth-order valence-corrected chi connectivity index (χ4v) is 1.48. The first-order valence-corrected chi connectivity index (χ1v) is 4.94. The van der Waals surface area contributed by atoms with Gasteiger partial charge >= 0.3 is 0 Å². The van der Waals surface area contributed by atoms with Crippen molar-refractivity contribution in [2.45, 2.75) is 31.8 Å². The highest BCUT2D eigenvalue weighted by atomic mass is 19.1. The summed E-state index contributed by atoms with van der Waals surface area (Å²) in [6, 6.07) is 6.47. The summed E-state index contributed by atoms with van der Waals surface area (Å²) in [5.74, 6) is 2.19. The Morgan fingerprint density at radius 3 is 2.73 bits per heavy atom. The number of halogens is 1. The van der Waals surface area contributed by atoms with Crippen molar-refractivity contribution in [3.8, 4) is 12.3 Å². The van der Waals surface area contributed by atoms with Crippen molar-refractivity contribution < 1.29 is 9.50 Å². The Labute approximate surface area is 89.9 Å². The zero-order valence-corrected chi connectivity index (χ0v) is 8.83. The molecule has 1 unspecified atom stereocenters. The molecule has 0 fully saturated rings. The SMILES string of the molecule is C#CCCC(C)(O)Cc1ccccc1F. The van der Waals surface area contributed by atoms with Gasteiger partial charge in [-0.15, -0.1) is 12.3 Å². The van der Waals surface area contributed by atoms with Gasteiger partial charge in [-0.3, -0.25) is 0 Å². The van der Waals surface area contributed by atoms with Crippen LogP contribution in [0.4, 0.5) is 4.39 Å². The highest BCUT2D eigenvalue weighted by Gasteiger charge is 2.21. The Morgan fingerprint density at radius 1 is 1.47 bits per heavy atom. The van der Waals surface area contributed by atoms with Gasteiger partial charge < -0.3 is 5.11 Å². The summed E-state index contributed by atoms with van der Waals surface area (Å²) in [6.45, 7) is 1.68. The maximum absolute atomic E-state index is 13.3. The van der Waals surface area contributed by atoms with E-state index in [1.54, 1.807) is 25.1 Å². The second-order valence-electron chi connectivity index (χ2n) is 3.97. The first-order chi connectivity index (χ1) is 7.05. The molecule has 2 heteroatoms. The molecule has 0 saturated carbocycles. The van der Waals surface area contributed by atoms with Crippen molar-refractivity contribution in [2.24, 2.45) is 0 Å². The lowest BCUT2D eigenvalue weighted by Crippen LogP contribution is -2.27. The van der Waals surface area contributed by atoms with Crippen molar-refractivity contribution >= 4 is 0 Å². The van der Waals surface area contributed by atoms with Gasteiger partial charge in [0.05, 0.1) is 5.60 Å². The van der Waals surface area contributed by atoms with Gasteiger partial charge in [-0.2, -0.15) is 0 Å². The fraction of sp³-hybridized carbons (Fsp3) is 0.385. The van der Waals surface area contributed by atoms with Crippen LogP contribution in [0, 0.1) is 18.2 Å². The molecule has 0 aliphatic carbocycles. The number of hydrogen-bond donors (Lipinski definition) is 1. The zero-order valence-electron chi connectivity index (χ0n) is 8.83. The molecule has 1 atom stereocenters. The van der Waals surface area contributed by atoms with E-state index in [9.17, 15) is 9.50 Å². The molecule has 1 rings (SSSR count). The molecule has 1 nitrogen and oxygen atoms in total. The molecule has 0 heterocycles. The van der Waals surface area contributed by atoms with Gasteiger partial charge in [0, 0.05) is 12.8 Å².